The zero-order chi connectivity index (χ0) is 11.9. The van der Waals surface area contributed by atoms with Gasteiger partial charge in [-0.1, -0.05) is 0 Å². The Morgan fingerprint density at radius 2 is 1.53 bits per heavy atom. The highest BCUT2D eigenvalue weighted by molar-refractivity contribution is 5.34. The zero-order valence-electron chi connectivity index (χ0n) is 7.16. The summed E-state index contributed by atoms with van der Waals surface area (Å²) in [5.41, 5.74) is -2.67. The minimum atomic E-state index is -5.51. The van der Waals surface area contributed by atoms with E-state index in [9.17, 15) is 26.3 Å². The lowest BCUT2D eigenvalue weighted by Gasteiger charge is -2.23. The molecular formula is C7H4F6O2. The number of hydrogen-bond donors (Lipinski definition) is 0. The van der Waals surface area contributed by atoms with Crippen LogP contribution >= 0.6 is 0 Å². The highest BCUT2D eigenvalue weighted by atomic mass is 19.4. The molecule has 0 amide bonds. The van der Waals surface area contributed by atoms with E-state index in [2.05, 4.69) is 9.47 Å². The monoisotopic (exact) mass is 234 g/mol. The Morgan fingerprint density at radius 1 is 1.13 bits per heavy atom. The van der Waals surface area contributed by atoms with Crippen LogP contribution in [0.5, 0.6) is 0 Å². The van der Waals surface area contributed by atoms with E-state index in [1.165, 1.54) is 0 Å². The second-order valence-electron chi connectivity index (χ2n) is 2.50. The van der Waals surface area contributed by atoms with E-state index in [0.29, 0.717) is 6.08 Å². The number of methoxy groups -OCH3 is 1. The van der Waals surface area contributed by atoms with Crippen molar-refractivity contribution in [1.29, 1.82) is 0 Å². The second-order valence-corrected chi connectivity index (χ2v) is 2.50. The fraction of sp³-hybridized carbons (Fsp3) is 0.429. The summed E-state index contributed by atoms with van der Waals surface area (Å²) >= 11 is 0. The Labute approximate surface area is 79.8 Å². The molecule has 0 aromatic heterocycles. The SMILES string of the molecule is COC1=CC(=C(C(F)(F)F)C(F)(F)F)O1. The molecule has 1 aliphatic rings. The predicted molar refractivity (Wildman–Crippen MR) is 35.3 cm³/mol. The second kappa shape index (κ2) is 3.35. The summed E-state index contributed by atoms with van der Waals surface area (Å²) < 4.78 is 80.3. The quantitative estimate of drug-likeness (QED) is 0.649. The maximum atomic E-state index is 12.0. The van der Waals surface area contributed by atoms with Crippen LogP contribution in [0.25, 0.3) is 0 Å². The average Bonchev–Trinajstić information content (AvgIpc) is 1.89. The maximum absolute atomic E-state index is 12.0. The summed E-state index contributed by atoms with van der Waals surface area (Å²) in [6.45, 7) is 0. The van der Waals surface area contributed by atoms with Crippen molar-refractivity contribution in [2.24, 2.45) is 0 Å². The van der Waals surface area contributed by atoms with E-state index >= 15 is 0 Å². The largest absolute Gasteiger partial charge is 0.468 e. The number of ether oxygens (including phenoxy) is 2. The van der Waals surface area contributed by atoms with Crippen molar-refractivity contribution in [3.05, 3.63) is 23.4 Å². The van der Waals surface area contributed by atoms with Crippen molar-refractivity contribution in [2.45, 2.75) is 12.4 Å². The Balaban J connectivity index is 3.12. The molecule has 0 unspecified atom stereocenters. The molecule has 0 saturated carbocycles. The van der Waals surface area contributed by atoms with Crippen molar-refractivity contribution in [2.75, 3.05) is 7.11 Å². The topological polar surface area (TPSA) is 18.5 Å². The van der Waals surface area contributed by atoms with Gasteiger partial charge in [0.15, 0.2) is 11.3 Å². The highest BCUT2D eigenvalue weighted by Gasteiger charge is 2.55. The van der Waals surface area contributed by atoms with Crippen LogP contribution in [-0.4, -0.2) is 19.5 Å². The standard InChI is InChI=1S/C7H4F6O2/c1-14-4-2-3(15-4)5(6(8,9)10)7(11,12)13/h2H,1H3. The zero-order valence-corrected chi connectivity index (χ0v) is 7.16. The molecule has 0 aromatic carbocycles. The van der Waals surface area contributed by atoms with Gasteiger partial charge in [-0.25, -0.2) is 0 Å². The molecule has 1 rings (SSSR count). The molecule has 0 bridgehead atoms. The van der Waals surface area contributed by atoms with Crippen LogP contribution in [-0.2, 0) is 9.47 Å². The van der Waals surface area contributed by atoms with Crippen LogP contribution in [0.15, 0.2) is 23.4 Å². The van der Waals surface area contributed by atoms with Gasteiger partial charge in [-0.15, -0.1) is 0 Å². The molecule has 15 heavy (non-hydrogen) atoms. The lowest BCUT2D eigenvalue weighted by molar-refractivity contribution is -0.176. The van der Waals surface area contributed by atoms with Gasteiger partial charge >= 0.3 is 12.4 Å². The Morgan fingerprint density at radius 3 is 1.80 bits per heavy atom. The van der Waals surface area contributed by atoms with E-state index in [1.54, 1.807) is 0 Å². The van der Waals surface area contributed by atoms with E-state index in [4.69, 9.17) is 0 Å². The molecule has 8 heteroatoms. The lowest BCUT2D eigenvalue weighted by atomic mass is 10.1. The van der Waals surface area contributed by atoms with Crippen LogP contribution in [0.3, 0.4) is 0 Å². The molecule has 0 aliphatic carbocycles. The molecular weight excluding hydrogens is 230 g/mol. The molecule has 0 aromatic rings. The average molecular weight is 234 g/mol. The van der Waals surface area contributed by atoms with Gasteiger partial charge in [0.2, 0.25) is 0 Å². The van der Waals surface area contributed by atoms with E-state index in [1.807, 2.05) is 0 Å². The molecule has 0 radical (unpaired) electrons. The predicted octanol–water partition coefficient (Wildman–Crippen LogP) is 2.88. The fourth-order valence-electron chi connectivity index (χ4n) is 0.880. The highest BCUT2D eigenvalue weighted by Crippen LogP contribution is 2.43. The van der Waals surface area contributed by atoms with Crippen LogP contribution in [0.2, 0.25) is 0 Å². The van der Waals surface area contributed by atoms with Crippen molar-refractivity contribution in [1.82, 2.24) is 0 Å². The van der Waals surface area contributed by atoms with Crippen molar-refractivity contribution in [3.63, 3.8) is 0 Å². The Bertz CT molecular complexity index is 305. The fourth-order valence-corrected chi connectivity index (χ4v) is 0.880. The van der Waals surface area contributed by atoms with Crippen LogP contribution in [0.4, 0.5) is 26.3 Å². The summed E-state index contributed by atoms with van der Waals surface area (Å²) in [4.78, 5) is 0. The first-order valence-electron chi connectivity index (χ1n) is 3.48. The first-order valence-corrected chi connectivity index (χ1v) is 3.48. The van der Waals surface area contributed by atoms with Crippen molar-refractivity contribution < 1.29 is 35.8 Å². The lowest BCUT2D eigenvalue weighted by Crippen LogP contribution is -2.30. The number of rotatable bonds is 1. The van der Waals surface area contributed by atoms with Gasteiger partial charge in [0.1, 0.15) is 0 Å². The summed E-state index contributed by atoms with van der Waals surface area (Å²) in [5.74, 6) is -1.68. The summed E-state index contributed by atoms with van der Waals surface area (Å²) in [7, 11) is 1.06. The molecule has 2 nitrogen and oxygen atoms in total. The first-order chi connectivity index (χ1) is 6.66. The maximum Gasteiger partial charge on any atom is 0.424 e. The Hall–Kier alpha value is -1.34. The first kappa shape index (κ1) is 11.7. The Kier molecular flexibility index (Phi) is 2.62. The van der Waals surface area contributed by atoms with Gasteiger partial charge in [0.25, 0.3) is 5.95 Å². The molecule has 86 valence electrons. The molecule has 0 fully saturated rings. The third-order valence-electron chi connectivity index (χ3n) is 1.47. The van der Waals surface area contributed by atoms with Gasteiger partial charge in [-0.3, -0.25) is 0 Å². The van der Waals surface area contributed by atoms with Crippen molar-refractivity contribution in [3.8, 4) is 0 Å². The van der Waals surface area contributed by atoms with Gasteiger partial charge < -0.3 is 9.47 Å². The number of allylic oxidation sites excluding steroid dienone is 2. The van der Waals surface area contributed by atoms with Gasteiger partial charge in [-0.2, -0.15) is 26.3 Å². The molecule has 0 atom stereocenters. The third-order valence-corrected chi connectivity index (χ3v) is 1.47. The van der Waals surface area contributed by atoms with E-state index in [0.717, 1.165) is 7.11 Å². The minimum Gasteiger partial charge on any atom is -0.468 e. The normalized spacial score (nSPS) is 16.5. The van der Waals surface area contributed by atoms with Crippen LogP contribution in [0, 0.1) is 0 Å². The number of halogens is 6. The van der Waals surface area contributed by atoms with Crippen LogP contribution < -0.4 is 0 Å². The number of alkyl halides is 6. The molecule has 1 aliphatic heterocycles. The molecule has 1 heterocycles. The van der Waals surface area contributed by atoms with Crippen molar-refractivity contribution >= 4 is 0 Å². The van der Waals surface area contributed by atoms with Gasteiger partial charge in [-0.05, 0) is 0 Å². The smallest absolute Gasteiger partial charge is 0.424 e. The summed E-state index contributed by atoms with van der Waals surface area (Å²) in [5, 5.41) is 0. The molecule has 0 N–H and O–H groups in total. The molecule has 0 saturated heterocycles. The van der Waals surface area contributed by atoms with Gasteiger partial charge in [0, 0.05) is 0 Å². The van der Waals surface area contributed by atoms with E-state index < -0.39 is 29.6 Å². The van der Waals surface area contributed by atoms with Gasteiger partial charge in [0.05, 0.1) is 13.2 Å². The number of hydrogen-bond acceptors (Lipinski definition) is 2. The summed E-state index contributed by atoms with van der Waals surface area (Å²) in [6, 6.07) is 0. The van der Waals surface area contributed by atoms with E-state index in [-0.39, 0.29) is 0 Å². The molecule has 0 spiro atoms. The summed E-state index contributed by atoms with van der Waals surface area (Å²) in [6.07, 6.45) is -10.5. The third kappa shape index (κ3) is 2.37. The minimum absolute atomic E-state index is 0.393. The van der Waals surface area contributed by atoms with Crippen LogP contribution in [0.1, 0.15) is 0 Å².